The molecule has 39 heavy (non-hydrogen) atoms. The molecule has 0 atom stereocenters. The molecule has 2 aromatic rings. The quantitative estimate of drug-likeness (QED) is 0.367. The van der Waals surface area contributed by atoms with E-state index in [-0.39, 0.29) is 32.5 Å². The Bertz CT molecular complexity index is 1110. The average molecular weight is 533 g/mol. The van der Waals surface area contributed by atoms with Crippen molar-refractivity contribution in [1.29, 1.82) is 0 Å². The molecule has 0 aromatic heterocycles. The van der Waals surface area contributed by atoms with Crippen LogP contribution in [0.3, 0.4) is 0 Å². The maximum absolute atomic E-state index is 2.53. The van der Waals surface area contributed by atoms with Gasteiger partial charge in [0.2, 0.25) is 0 Å². The third-order valence-corrected chi connectivity index (χ3v) is 8.26. The Morgan fingerprint density at radius 1 is 0.385 bits per heavy atom. The number of hydrogen-bond donors (Lipinski definition) is 0. The molecule has 2 aromatic carbocycles. The summed E-state index contributed by atoms with van der Waals surface area (Å²) in [5.74, 6) is 0. The van der Waals surface area contributed by atoms with Crippen molar-refractivity contribution in [3.63, 3.8) is 0 Å². The van der Waals surface area contributed by atoms with E-state index in [9.17, 15) is 0 Å². The summed E-state index contributed by atoms with van der Waals surface area (Å²) < 4.78 is 0. The van der Waals surface area contributed by atoms with Crippen molar-refractivity contribution in [3.05, 3.63) is 68.8 Å². The van der Waals surface area contributed by atoms with Crippen LogP contribution in [0, 0.1) is 0 Å². The van der Waals surface area contributed by atoms with Gasteiger partial charge >= 0.3 is 0 Å². The molecule has 0 aliphatic rings. The van der Waals surface area contributed by atoms with Crippen molar-refractivity contribution in [2.45, 2.75) is 176 Å². The van der Waals surface area contributed by atoms with Gasteiger partial charge in [0.25, 0.3) is 0 Å². The summed E-state index contributed by atoms with van der Waals surface area (Å²) in [6.45, 7) is 42.9. The molecule has 0 unspecified atom stereocenters. The molecule has 0 aliphatic carbocycles. The highest BCUT2D eigenvalue weighted by Crippen LogP contribution is 2.43. The second-order valence-electron chi connectivity index (χ2n) is 18.4. The molecule has 0 saturated heterocycles. The van der Waals surface area contributed by atoms with Crippen LogP contribution in [0.1, 0.15) is 176 Å². The summed E-state index contributed by atoms with van der Waals surface area (Å²) in [5.41, 5.74) is 13.0. The van der Waals surface area contributed by atoms with Gasteiger partial charge in [0.15, 0.2) is 0 Å². The molecule has 0 radical (unpaired) electrons. The monoisotopic (exact) mass is 533 g/mol. The Morgan fingerprint density at radius 2 is 0.744 bits per heavy atom. The molecule has 0 nitrogen and oxygen atoms in total. The van der Waals surface area contributed by atoms with Crippen molar-refractivity contribution in [2.24, 2.45) is 0 Å². The van der Waals surface area contributed by atoms with Crippen LogP contribution in [0.4, 0.5) is 0 Å². The minimum Gasteiger partial charge on any atom is -0.0579 e. The van der Waals surface area contributed by atoms with Crippen molar-refractivity contribution in [2.75, 3.05) is 0 Å². The Labute approximate surface area is 244 Å². The van der Waals surface area contributed by atoms with E-state index < -0.39 is 0 Å². The van der Waals surface area contributed by atoms with Crippen molar-refractivity contribution in [1.82, 2.24) is 0 Å². The van der Waals surface area contributed by atoms with Gasteiger partial charge in [0.1, 0.15) is 0 Å². The molecule has 220 valence electrons. The first-order valence-corrected chi connectivity index (χ1v) is 15.5. The number of benzene rings is 2. The zero-order valence-electron chi connectivity index (χ0n) is 29.4. The van der Waals surface area contributed by atoms with E-state index in [2.05, 4.69) is 149 Å². The van der Waals surface area contributed by atoms with Crippen molar-refractivity contribution < 1.29 is 0 Å². The van der Waals surface area contributed by atoms with Crippen LogP contribution >= 0.6 is 0 Å². The molecule has 0 bridgehead atoms. The fourth-order valence-corrected chi connectivity index (χ4v) is 6.25. The third-order valence-electron chi connectivity index (χ3n) is 8.26. The van der Waals surface area contributed by atoms with Gasteiger partial charge in [-0.25, -0.2) is 0 Å². The summed E-state index contributed by atoms with van der Waals surface area (Å²) in [6.07, 6.45) is 3.41. The highest BCUT2D eigenvalue weighted by molar-refractivity contribution is 5.51. The van der Waals surface area contributed by atoms with Gasteiger partial charge in [0, 0.05) is 0 Å². The van der Waals surface area contributed by atoms with Crippen LogP contribution in [-0.4, -0.2) is 0 Å². The minimum atomic E-state index is 0.0979. The van der Waals surface area contributed by atoms with Crippen LogP contribution in [0.5, 0.6) is 0 Å². The minimum absolute atomic E-state index is 0.0979. The highest BCUT2D eigenvalue weighted by Gasteiger charge is 2.32. The van der Waals surface area contributed by atoms with Crippen LogP contribution in [-0.2, 0) is 45.3 Å². The van der Waals surface area contributed by atoms with Crippen LogP contribution in [0.15, 0.2) is 24.3 Å². The lowest BCUT2D eigenvalue weighted by Gasteiger charge is -2.36. The maximum Gasteiger partial charge on any atom is -0.0126 e. The number of hydrogen-bond acceptors (Lipinski definition) is 0. The van der Waals surface area contributed by atoms with Gasteiger partial charge in [-0.15, -0.1) is 0 Å². The van der Waals surface area contributed by atoms with Gasteiger partial charge in [-0.3, -0.25) is 0 Å². The molecule has 2 rings (SSSR count). The third kappa shape index (κ3) is 8.01. The molecule has 0 amide bonds. The fourth-order valence-electron chi connectivity index (χ4n) is 6.25. The predicted octanol–water partition coefficient (Wildman–Crippen LogP) is 11.6. The second kappa shape index (κ2) is 10.7. The van der Waals surface area contributed by atoms with E-state index in [4.69, 9.17) is 0 Å². The predicted molar refractivity (Wildman–Crippen MR) is 177 cm³/mol. The molecular weight excluding hydrogens is 468 g/mol. The number of rotatable bonds is 4. The molecule has 0 heterocycles. The van der Waals surface area contributed by atoms with E-state index in [1.54, 1.807) is 16.7 Å². The van der Waals surface area contributed by atoms with Crippen LogP contribution < -0.4 is 0 Å². The van der Waals surface area contributed by atoms with E-state index in [0.717, 1.165) is 12.8 Å². The Morgan fingerprint density at radius 3 is 1.08 bits per heavy atom. The first-order valence-electron chi connectivity index (χ1n) is 15.5. The largest absolute Gasteiger partial charge is 0.0579 e. The normalized spacial score (nSPS) is 14.2. The summed E-state index contributed by atoms with van der Waals surface area (Å²) in [4.78, 5) is 0. The Hall–Kier alpha value is -1.56. The summed E-state index contributed by atoms with van der Waals surface area (Å²) in [6, 6.07) is 9.95. The first kappa shape index (κ1) is 33.6. The van der Waals surface area contributed by atoms with E-state index in [1.165, 1.54) is 34.2 Å². The second-order valence-corrected chi connectivity index (χ2v) is 18.4. The first-order chi connectivity index (χ1) is 17.2. The topological polar surface area (TPSA) is 0 Å². The van der Waals surface area contributed by atoms with E-state index in [1.807, 2.05) is 0 Å². The molecule has 0 heteroatoms. The van der Waals surface area contributed by atoms with Gasteiger partial charge in [0.05, 0.1) is 0 Å². The lowest BCUT2D eigenvalue weighted by Crippen LogP contribution is -2.27. The highest BCUT2D eigenvalue weighted by atomic mass is 14.4. The molecule has 0 fully saturated rings. The molecule has 0 aliphatic heterocycles. The molecule has 0 N–H and O–H groups in total. The zero-order chi connectivity index (χ0) is 30.6. The summed E-state index contributed by atoms with van der Waals surface area (Å²) in [5, 5.41) is 0. The Kier molecular flexibility index (Phi) is 9.22. The van der Waals surface area contributed by atoms with Crippen LogP contribution in [0.2, 0.25) is 0 Å². The smallest absolute Gasteiger partial charge is 0.0126 e. The van der Waals surface area contributed by atoms with Crippen LogP contribution in [0.25, 0.3) is 0 Å². The van der Waals surface area contributed by atoms with Gasteiger partial charge in [-0.05, 0) is 96.3 Å². The lowest BCUT2D eigenvalue weighted by molar-refractivity contribution is 0.511. The Balaban J connectivity index is 2.75. The van der Waals surface area contributed by atoms with Crippen molar-refractivity contribution in [3.8, 4) is 0 Å². The molecule has 0 spiro atoms. The standard InChI is InChI=1S/C39H64/c1-34(2,3)26-24-31(37(10,11)12)27(32(25-26)38(13,14)15)20-19-21-28-29(35(4,5)6)22-23-30(36(7,8)9)33(28)39(16,17)18/h22-25H,19-21H2,1-18H3. The average Bonchev–Trinajstić information content (AvgIpc) is 2.68. The van der Waals surface area contributed by atoms with Gasteiger partial charge in [-0.1, -0.05) is 149 Å². The van der Waals surface area contributed by atoms with Gasteiger partial charge < -0.3 is 0 Å². The SMILES string of the molecule is CC(C)(C)c1cc(C(C)(C)C)c(CCCc2c(C(C)(C)C)ccc(C(C)(C)C)c2C(C)(C)C)c(C(C)(C)C)c1. The molecular formula is C39H64. The zero-order valence-corrected chi connectivity index (χ0v) is 29.4. The lowest BCUT2D eigenvalue weighted by atomic mass is 9.68. The van der Waals surface area contributed by atoms with Gasteiger partial charge in [-0.2, -0.15) is 0 Å². The molecule has 0 saturated carbocycles. The van der Waals surface area contributed by atoms with Crippen molar-refractivity contribution >= 4 is 0 Å². The maximum atomic E-state index is 2.53. The summed E-state index contributed by atoms with van der Waals surface area (Å²) in [7, 11) is 0. The van der Waals surface area contributed by atoms with E-state index in [0.29, 0.717) is 0 Å². The van der Waals surface area contributed by atoms with E-state index >= 15 is 0 Å². The summed E-state index contributed by atoms with van der Waals surface area (Å²) >= 11 is 0. The fraction of sp³-hybridized carbons (Fsp3) is 0.692.